The van der Waals surface area contributed by atoms with Crippen LogP contribution in [0, 0.1) is 3.57 Å². The second-order valence-corrected chi connectivity index (χ2v) is 5.62. The van der Waals surface area contributed by atoms with E-state index < -0.39 is 0 Å². The van der Waals surface area contributed by atoms with Gasteiger partial charge in [-0.05, 0) is 51.6 Å². The Labute approximate surface area is 131 Å². The molecule has 0 heterocycles. The number of rotatable bonds is 2. The Morgan fingerprint density at radius 2 is 1.55 bits per heavy atom. The van der Waals surface area contributed by atoms with Gasteiger partial charge in [0.25, 0.3) is 5.91 Å². The molecule has 0 saturated carbocycles. The molecule has 0 aromatic heterocycles. The zero-order chi connectivity index (χ0) is 13.9. The summed E-state index contributed by atoms with van der Waals surface area (Å²) in [5, 5.41) is 5.02. The highest BCUT2D eigenvalue weighted by molar-refractivity contribution is 14.1. The number of anilines is 1. The molecule has 3 aromatic rings. The molecule has 3 aromatic carbocycles. The van der Waals surface area contributed by atoms with E-state index in [9.17, 15) is 4.79 Å². The van der Waals surface area contributed by atoms with Gasteiger partial charge in [-0.2, -0.15) is 0 Å². The quantitative estimate of drug-likeness (QED) is 0.649. The summed E-state index contributed by atoms with van der Waals surface area (Å²) in [7, 11) is 0. The highest BCUT2D eigenvalue weighted by atomic mass is 127. The Hall–Kier alpha value is -1.88. The fourth-order valence-electron chi connectivity index (χ4n) is 2.18. The van der Waals surface area contributed by atoms with Crippen molar-refractivity contribution in [3.8, 4) is 0 Å². The van der Waals surface area contributed by atoms with Gasteiger partial charge in [0.1, 0.15) is 0 Å². The van der Waals surface area contributed by atoms with Crippen LogP contribution in [0.5, 0.6) is 0 Å². The first-order valence-electron chi connectivity index (χ1n) is 6.29. The van der Waals surface area contributed by atoms with Crippen LogP contribution in [0.15, 0.2) is 66.7 Å². The van der Waals surface area contributed by atoms with Crippen LogP contribution < -0.4 is 5.32 Å². The van der Waals surface area contributed by atoms with E-state index in [1.807, 2.05) is 66.7 Å². The summed E-state index contributed by atoms with van der Waals surface area (Å²) in [4.78, 5) is 12.5. The van der Waals surface area contributed by atoms with Crippen molar-refractivity contribution >= 4 is 45.0 Å². The van der Waals surface area contributed by atoms with Gasteiger partial charge in [0.15, 0.2) is 0 Å². The molecule has 0 radical (unpaired) electrons. The van der Waals surface area contributed by atoms with E-state index in [1.165, 1.54) is 0 Å². The molecule has 20 heavy (non-hydrogen) atoms. The maximum absolute atomic E-state index is 12.5. The van der Waals surface area contributed by atoms with Gasteiger partial charge >= 0.3 is 0 Å². The van der Waals surface area contributed by atoms with Gasteiger partial charge < -0.3 is 5.32 Å². The van der Waals surface area contributed by atoms with Crippen LogP contribution in [0.25, 0.3) is 10.8 Å². The number of hydrogen-bond acceptors (Lipinski definition) is 1. The molecule has 3 heteroatoms. The fourth-order valence-corrected chi connectivity index (χ4v) is 2.70. The number of carbonyl (C=O) groups excluding carboxylic acids is 1. The number of nitrogens with one attached hydrogen (secondary N) is 1. The number of para-hydroxylation sites is 1. The van der Waals surface area contributed by atoms with E-state index in [-0.39, 0.29) is 5.91 Å². The first-order chi connectivity index (χ1) is 9.75. The number of benzene rings is 3. The van der Waals surface area contributed by atoms with Crippen LogP contribution in [0.2, 0.25) is 0 Å². The average molecular weight is 373 g/mol. The van der Waals surface area contributed by atoms with E-state index >= 15 is 0 Å². The molecule has 0 spiro atoms. The van der Waals surface area contributed by atoms with Crippen LogP contribution in [0.3, 0.4) is 0 Å². The van der Waals surface area contributed by atoms with Crippen molar-refractivity contribution in [2.45, 2.75) is 0 Å². The van der Waals surface area contributed by atoms with Crippen LogP contribution in [-0.4, -0.2) is 5.91 Å². The van der Waals surface area contributed by atoms with Gasteiger partial charge in [0.2, 0.25) is 0 Å². The minimum Gasteiger partial charge on any atom is -0.321 e. The molecule has 1 amide bonds. The molecule has 2 nitrogen and oxygen atoms in total. The zero-order valence-electron chi connectivity index (χ0n) is 10.6. The van der Waals surface area contributed by atoms with Crippen LogP contribution in [-0.2, 0) is 0 Å². The maximum atomic E-state index is 12.5. The van der Waals surface area contributed by atoms with Crippen molar-refractivity contribution in [1.29, 1.82) is 0 Å². The van der Waals surface area contributed by atoms with Crippen LogP contribution in [0.1, 0.15) is 10.4 Å². The van der Waals surface area contributed by atoms with E-state index in [4.69, 9.17) is 0 Å². The minimum absolute atomic E-state index is 0.0779. The van der Waals surface area contributed by atoms with Gasteiger partial charge in [-0.25, -0.2) is 0 Å². The maximum Gasteiger partial charge on any atom is 0.256 e. The third-order valence-corrected chi connectivity index (χ3v) is 4.10. The molecule has 0 saturated heterocycles. The Balaban J connectivity index is 1.99. The Kier molecular flexibility index (Phi) is 3.69. The standard InChI is InChI=1S/C17H12INO/c18-15-10-3-4-11-16(15)19-17(20)14-9-5-7-12-6-1-2-8-13(12)14/h1-11H,(H,19,20). The number of fused-ring (bicyclic) bond motifs is 1. The average Bonchev–Trinajstić information content (AvgIpc) is 2.49. The first-order valence-corrected chi connectivity index (χ1v) is 7.37. The second-order valence-electron chi connectivity index (χ2n) is 4.46. The monoisotopic (exact) mass is 373 g/mol. The third-order valence-electron chi connectivity index (χ3n) is 3.16. The highest BCUT2D eigenvalue weighted by Crippen LogP contribution is 2.22. The molecule has 0 atom stereocenters. The molecule has 0 bridgehead atoms. The SMILES string of the molecule is O=C(Nc1ccccc1I)c1cccc2ccccc12. The molecule has 0 aliphatic rings. The van der Waals surface area contributed by atoms with E-state index in [2.05, 4.69) is 27.9 Å². The molecule has 1 N–H and O–H groups in total. The predicted molar refractivity (Wildman–Crippen MR) is 91.1 cm³/mol. The smallest absolute Gasteiger partial charge is 0.256 e. The first kappa shape index (κ1) is 13.1. The van der Waals surface area contributed by atoms with Gasteiger partial charge in [-0.1, -0.05) is 48.5 Å². The zero-order valence-corrected chi connectivity index (χ0v) is 12.8. The van der Waals surface area contributed by atoms with Gasteiger partial charge in [0.05, 0.1) is 5.69 Å². The number of amides is 1. The summed E-state index contributed by atoms with van der Waals surface area (Å²) in [5.74, 6) is -0.0779. The van der Waals surface area contributed by atoms with E-state index in [0.29, 0.717) is 5.56 Å². The lowest BCUT2D eigenvalue weighted by Gasteiger charge is -2.09. The summed E-state index contributed by atoms with van der Waals surface area (Å²) in [5.41, 5.74) is 1.54. The van der Waals surface area contributed by atoms with Crippen LogP contribution in [0.4, 0.5) is 5.69 Å². The van der Waals surface area contributed by atoms with Crippen molar-refractivity contribution in [1.82, 2.24) is 0 Å². The minimum atomic E-state index is -0.0779. The summed E-state index contributed by atoms with van der Waals surface area (Å²) in [6.07, 6.45) is 0. The number of carbonyl (C=O) groups is 1. The Bertz CT molecular complexity index is 777. The summed E-state index contributed by atoms with van der Waals surface area (Å²) in [6, 6.07) is 21.4. The molecule has 0 fully saturated rings. The summed E-state index contributed by atoms with van der Waals surface area (Å²) in [6.45, 7) is 0. The molecular weight excluding hydrogens is 361 g/mol. The molecule has 0 aliphatic heterocycles. The summed E-state index contributed by atoms with van der Waals surface area (Å²) >= 11 is 2.22. The van der Waals surface area contributed by atoms with Crippen molar-refractivity contribution in [3.63, 3.8) is 0 Å². The van der Waals surface area contributed by atoms with E-state index in [1.54, 1.807) is 0 Å². The highest BCUT2D eigenvalue weighted by Gasteiger charge is 2.10. The predicted octanol–water partition coefficient (Wildman–Crippen LogP) is 4.70. The van der Waals surface area contributed by atoms with Gasteiger partial charge in [0, 0.05) is 9.13 Å². The molecule has 98 valence electrons. The molecular formula is C17H12INO. The third kappa shape index (κ3) is 2.54. The fraction of sp³-hybridized carbons (Fsp3) is 0. The van der Waals surface area contributed by atoms with E-state index in [0.717, 1.165) is 20.0 Å². The lowest BCUT2D eigenvalue weighted by molar-refractivity contribution is 0.102. The van der Waals surface area contributed by atoms with Crippen molar-refractivity contribution < 1.29 is 4.79 Å². The number of halogens is 1. The van der Waals surface area contributed by atoms with Crippen LogP contribution >= 0.6 is 22.6 Å². The topological polar surface area (TPSA) is 29.1 Å². The normalized spacial score (nSPS) is 10.4. The lowest BCUT2D eigenvalue weighted by Crippen LogP contribution is -2.13. The van der Waals surface area contributed by atoms with Gasteiger partial charge in [-0.15, -0.1) is 0 Å². The lowest BCUT2D eigenvalue weighted by atomic mass is 10.0. The Morgan fingerprint density at radius 3 is 2.40 bits per heavy atom. The molecule has 0 unspecified atom stereocenters. The largest absolute Gasteiger partial charge is 0.321 e. The van der Waals surface area contributed by atoms with Crippen molar-refractivity contribution in [3.05, 3.63) is 75.9 Å². The molecule has 0 aliphatic carbocycles. The van der Waals surface area contributed by atoms with Gasteiger partial charge in [-0.3, -0.25) is 4.79 Å². The Morgan fingerprint density at radius 1 is 0.850 bits per heavy atom. The van der Waals surface area contributed by atoms with Crippen molar-refractivity contribution in [2.75, 3.05) is 5.32 Å². The molecule has 3 rings (SSSR count). The number of hydrogen-bond donors (Lipinski definition) is 1. The van der Waals surface area contributed by atoms with Crippen molar-refractivity contribution in [2.24, 2.45) is 0 Å². The second kappa shape index (κ2) is 5.63. The summed E-state index contributed by atoms with van der Waals surface area (Å²) < 4.78 is 1.03.